The molecule has 0 aliphatic heterocycles. The van der Waals surface area contributed by atoms with Crippen LogP contribution in [0.1, 0.15) is 5.56 Å². The van der Waals surface area contributed by atoms with Crippen LogP contribution in [0.15, 0.2) is 60.7 Å². The lowest BCUT2D eigenvalue weighted by molar-refractivity contribution is 0.282. The van der Waals surface area contributed by atoms with Crippen LogP contribution in [0.2, 0.25) is 0 Å². The summed E-state index contributed by atoms with van der Waals surface area (Å²) in [5, 5.41) is 11.3. The highest BCUT2D eigenvalue weighted by atomic mass is 19.1. The van der Waals surface area contributed by atoms with E-state index < -0.39 is 0 Å². The van der Waals surface area contributed by atoms with Gasteiger partial charge in [-0.3, -0.25) is 0 Å². The number of halogens is 1. The maximum Gasteiger partial charge on any atom is 0.123 e. The highest BCUT2D eigenvalue weighted by Gasteiger charge is 2.01. The van der Waals surface area contributed by atoms with E-state index in [2.05, 4.69) is 6.07 Å². The van der Waals surface area contributed by atoms with Gasteiger partial charge in [0.2, 0.25) is 0 Å². The fourth-order valence-electron chi connectivity index (χ4n) is 2.22. The van der Waals surface area contributed by atoms with E-state index in [9.17, 15) is 4.39 Å². The van der Waals surface area contributed by atoms with Crippen molar-refractivity contribution in [2.24, 2.45) is 0 Å². The first-order chi connectivity index (χ1) is 9.26. The number of benzene rings is 3. The molecule has 0 heterocycles. The summed E-state index contributed by atoms with van der Waals surface area (Å²) in [6.07, 6.45) is 0. The molecule has 0 saturated carbocycles. The number of aliphatic hydroxyl groups excluding tert-OH is 1. The first-order valence-electron chi connectivity index (χ1n) is 6.16. The van der Waals surface area contributed by atoms with Crippen molar-refractivity contribution in [3.63, 3.8) is 0 Å². The smallest absolute Gasteiger partial charge is 0.123 e. The predicted octanol–water partition coefficient (Wildman–Crippen LogP) is 4.14. The zero-order valence-corrected chi connectivity index (χ0v) is 10.3. The van der Waals surface area contributed by atoms with Crippen LogP contribution in [-0.2, 0) is 6.61 Å². The summed E-state index contributed by atoms with van der Waals surface area (Å²) >= 11 is 0. The molecule has 0 bridgehead atoms. The van der Waals surface area contributed by atoms with Gasteiger partial charge in [-0.25, -0.2) is 4.39 Å². The van der Waals surface area contributed by atoms with E-state index in [0.717, 1.165) is 27.5 Å². The van der Waals surface area contributed by atoms with Crippen LogP contribution in [0, 0.1) is 5.82 Å². The summed E-state index contributed by atoms with van der Waals surface area (Å²) in [5.41, 5.74) is 2.96. The first kappa shape index (κ1) is 11.9. The van der Waals surface area contributed by atoms with Crippen molar-refractivity contribution in [1.82, 2.24) is 0 Å². The Hall–Kier alpha value is -2.19. The second kappa shape index (κ2) is 4.82. The lowest BCUT2D eigenvalue weighted by Gasteiger charge is -2.05. The minimum Gasteiger partial charge on any atom is -0.392 e. The Bertz CT molecular complexity index is 717. The highest BCUT2D eigenvalue weighted by Crippen LogP contribution is 2.25. The van der Waals surface area contributed by atoms with Crippen LogP contribution in [0.5, 0.6) is 0 Å². The normalized spacial score (nSPS) is 10.8. The summed E-state index contributed by atoms with van der Waals surface area (Å²) in [4.78, 5) is 0. The lowest BCUT2D eigenvalue weighted by Crippen LogP contribution is -1.84. The molecule has 0 unspecified atom stereocenters. The first-order valence-corrected chi connectivity index (χ1v) is 6.16. The minimum atomic E-state index is -0.225. The van der Waals surface area contributed by atoms with E-state index in [0.29, 0.717) is 0 Å². The molecule has 0 aliphatic rings. The van der Waals surface area contributed by atoms with Gasteiger partial charge < -0.3 is 5.11 Å². The van der Waals surface area contributed by atoms with Crippen molar-refractivity contribution in [3.8, 4) is 11.1 Å². The number of fused-ring (bicyclic) bond motifs is 1. The van der Waals surface area contributed by atoms with Crippen LogP contribution in [0.4, 0.5) is 4.39 Å². The summed E-state index contributed by atoms with van der Waals surface area (Å²) in [6, 6.07) is 18.5. The molecule has 19 heavy (non-hydrogen) atoms. The maximum absolute atomic E-state index is 12.9. The Morgan fingerprint density at radius 3 is 2.11 bits per heavy atom. The van der Waals surface area contributed by atoms with Crippen LogP contribution in [-0.4, -0.2) is 5.11 Å². The van der Waals surface area contributed by atoms with Gasteiger partial charge in [-0.2, -0.15) is 0 Å². The van der Waals surface area contributed by atoms with Gasteiger partial charge in [0, 0.05) is 0 Å². The third kappa shape index (κ3) is 2.35. The lowest BCUT2D eigenvalue weighted by atomic mass is 10.00. The Morgan fingerprint density at radius 2 is 1.37 bits per heavy atom. The van der Waals surface area contributed by atoms with Crippen molar-refractivity contribution in [2.45, 2.75) is 6.61 Å². The minimum absolute atomic E-state index is 0.0512. The molecule has 0 amide bonds. The molecular weight excluding hydrogens is 239 g/mol. The van der Waals surface area contributed by atoms with Gasteiger partial charge in [0.25, 0.3) is 0 Å². The second-order valence-corrected chi connectivity index (χ2v) is 4.56. The predicted molar refractivity (Wildman–Crippen MR) is 75.3 cm³/mol. The van der Waals surface area contributed by atoms with E-state index in [-0.39, 0.29) is 12.4 Å². The van der Waals surface area contributed by atoms with E-state index in [4.69, 9.17) is 5.11 Å². The maximum atomic E-state index is 12.9. The second-order valence-electron chi connectivity index (χ2n) is 4.56. The van der Waals surface area contributed by atoms with Gasteiger partial charge in [-0.05, 0) is 51.7 Å². The van der Waals surface area contributed by atoms with Crippen molar-refractivity contribution in [3.05, 3.63) is 72.0 Å². The van der Waals surface area contributed by atoms with Crippen LogP contribution < -0.4 is 0 Å². The van der Waals surface area contributed by atoms with Gasteiger partial charge in [0.05, 0.1) is 6.61 Å². The van der Waals surface area contributed by atoms with Crippen LogP contribution in [0.3, 0.4) is 0 Å². The molecule has 0 radical (unpaired) electrons. The van der Waals surface area contributed by atoms with Gasteiger partial charge in [0.15, 0.2) is 0 Å². The van der Waals surface area contributed by atoms with Crippen molar-refractivity contribution < 1.29 is 9.50 Å². The third-order valence-electron chi connectivity index (χ3n) is 3.26. The third-order valence-corrected chi connectivity index (χ3v) is 3.26. The monoisotopic (exact) mass is 252 g/mol. The molecule has 3 aromatic carbocycles. The average Bonchev–Trinajstić information content (AvgIpc) is 2.47. The molecule has 2 heteroatoms. The Morgan fingerprint density at radius 1 is 0.737 bits per heavy atom. The quantitative estimate of drug-likeness (QED) is 0.726. The van der Waals surface area contributed by atoms with E-state index in [1.165, 1.54) is 12.1 Å². The van der Waals surface area contributed by atoms with Gasteiger partial charge in [-0.1, -0.05) is 36.4 Å². The summed E-state index contributed by atoms with van der Waals surface area (Å²) in [7, 11) is 0. The van der Waals surface area contributed by atoms with Gasteiger partial charge in [-0.15, -0.1) is 0 Å². The molecule has 0 saturated heterocycles. The molecule has 0 spiro atoms. The highest BCUT2D eigenvalue weighted by molar-refractivity contribution is 5.87. The average molecular weight is 252 g/mol. The number of hydrogen-bond donors (Lipinski definition) is 1. The fraction of sp³-hybridized carbons (Fsp3) is 0.0588. The Kier molecular flexibility index (Phi) is 3.02. The Labute approximate surface area is 110 Å². The Balaban J connectivity index is 2.08. The molecule has 0 fully saturated rings. The number of rotatable bonds is 2. The van der Waals surface area contributed by atoms with E-state index in [1.807, 2.05) is 30.3 Å². The van der Waals surface area contributed by atoms with Gasteiger partial charge in [0.1, 0.15) is 5.82 Å². The summed E-state index contributed by atoms with van der Waals surface area (Å²) < 4.78 is 12.9. The largest absolute Gasteiger partial charge is 0.392 e. The molecule has 3 rings (SSSR count). The molecular formula is C17H13FO. The molecule has 3 aromatic rings. The van der Waals surface area contributed by atoms with Crippen molar-refractivity contribution in [2.75, 3.05) is 0 Å². The summed E-state index contributed by atoms with van der Waals surface area (Å²) in [6.45, 7) is 0.0512. The van der Waals surface area contributed by atoms with Gasteiger partial charge >= 0.3 is 0 Å². The molecule has 0 atom stereocenters. The molecule has 0 aromatic heterocycles. The standard InChI is InChI=1S/C17H13FO/c18-17-7-5-13(6-8-17)15-4-3-14-9-12(11-19)1-2-16(14)10-15/h1-10,19H,11H2. The van der Waals surface area contributed by atoms with Crippen molar-refractivity contribution in [1.29, 1.82) is 0 Å². The number of hydrogen-bond acceptors (Lipinski definition) is 1. The summed E-state index contributed by atoms with van der Waals surface area (Å²) in [5.74, 6) is -0.225. The molecule has 94 valence electrons. The fourth-order valence-corrected chi connectivity index (χ4v) is 2.22. The van der Waals surface area contributed by atoms with E-state index >= 15 is 0 Å². The van der Waals surface area contributed by atoms with Crippen LogP contribution in [0.25, 0.3) is 21.9 Å². The molecule has 1 N–H and O–H groups in total. The molecule has 0 aliphatic carbocycles. The SMILES string of the molecule is OCc1ccc2cc(-c3ccc(F)cc3)ccc2c1. The van der Waals surface area contributed by atoms with E-state index in [1.54, 1.807) is 12.1 Å². The van der Waals surface area contributed by atoms with Crippen molar-refractivity contribution >= 4 is 10.8 Å². The topological polar surface area (TPSA) is 20.2 Å². The number of aliphatic hydroxyl groups is 1. The zero-order chi connectivity index (χ0) is 13.2. The van der Waals surface area contributed by atoms with Crippen LogP contribution >= 0.6 is 0 Å². The molecule has 1 nitrogen and oxygen atoms in total. The zero-order valence-electron chi connectivity index (χ0n) is 10.3.